The first-order valence-corrected chi connectivity index (χ1v) is 4.87. The predicted molar refractivity (Wildman–Crippen MR) is 67.3 cm³/mol. The van der Waals surface area contributed by atoms with E-state index in [0.717, 1.165) is 5.56 Å². The fraction of sp³-hybridized carbons (Fsp3) is 0. The van der Waals surface area contributed by atoms with Crippen LogP contribution >= 0.6 is 12.4 Å². The molecule has 86 valence electrons. The van der Waals surface area contributed by atoms with E-state index in [0.29, 0.717) is 16.9 Å². The largest absolute Gasteiger partial charge is 0.446 e. The molecule has 0 saturated heterocycles. The number of aromatic amines is 1. The van der Waals surface area contributed by atoms with E-state index in [1.54, 1.807) is 6.07 Å². The maximum atomic E-state index is 11.7. The minimum Gasteiger partial charge on any atom is -0.446 e. The zero-order valence-corrected chi connectivity index (χ0v) is 9.53. The Kier molecular flexibility index (Phi) is 2.97. The molecule has 0 aliphatic carbocycles. The summed E-state index contributed by atoms with van der Waals surface area (Å²) in [7, 11) is 0. The van der Waals surface area contributed by atoms with E-state index in [-0.39, 0.29) is 18.0 Å². The fourth-order valence-corrected chi connectivity index (χ4v) is 1.60. The van der Waals surface area contributed by atoms with Gasteiger partial charge >= 0.3 is 0 Å². The van der Waals surface area contributed by atoms with Crippen LogP contribution in [0.5, 0.6) is 0 Å². The summed E-state index contributed by atoms with van der Waals surface area (Å²) in [6, 6.07) is 11.1. The number of H-pyrrole nitrogens is 1. The molecule has 1 N–H and O–H groups in total. The van der Waals surface area contributed by atoms with Gasteiger partial charge in [0.2, 0.25) is 5.71 Å². The molecule has 3 rings (SSSR count). The summed E-state index contributed by atoms with van der Waals surface area (Å²) in [6.07, 6.45) is 1.46. The second kappa shape index (κ2) is 4.43. The molecule has 0 spiro atoms. The maximum Gasteiger partial charge on any atom is 0.262 e. The van der Waals surface area contributed by atoms with Gasteiger partial charge in [0.15, 0.2) is 0 Å². The van der Waals surface area contributed by atoms with Gasteiger partial charge in [0.25, 0.3) is 5.56 Å². The SMILES string of the molecule is Cl.O=c1[nH]c(-c2ccccc2)nc2occc12. The minimum atomic E-state index is -0.183. The molecule has 3 aromatic rings. The van der Waals surface area contributed by atoms with Crippen LogP contribution < -0.4 is 5.56 Å². The molecule has 0 bridgehead atoms. The van der Waals surface area contributed by atoms with E-state index in [1.807, 2.05) is 30.3 Å². The lowest BCUT2D eigenvalue weighted by Crippen LogP contribution is -2.07. The number of nitrogens with one attached hydrogen (secondary N) is 1. The number of hydrogen-bond acceptors (Lipinski definition) is 3. The molecule has 0 fully saturated rings. The molecule has 2 heterocycles. The van der Waals surface area contributed by atoms with Crippen LogP contribution in [0.4, 0.5) is 0 Å². The van der Waals surface area contributed by atoms with E-state index in [1.165, 1.54) is 6.26 Å². The zero-order chi connectivity index (χ0) is 11.0. The molecule has 0 aliphatic rings. The Morgan fingerprint density at radius 3 is 2.65 bits per heavy atom. The summed E-state index contributed by atoms with van der Waals surface area (Å²) in [5, 5.41) is 0.472. The Morgan fingerprint density at radius 1 is 1.12 bits per heavy atom. The van der Waals surface area contributed by atoms with Crippen LogP contribution in [0.2, 0.25) is 0 Å². The van der Waals surface area contributed by atoms with Gasteiger partial charge < -0.3 is 9.40 Å². The second-order valence-electron chi connectivity index (χ2n) is 3.42. The van der Waals surface area contributed by atoms with Gasteiger partial charge in [-0.15, -0.1) is 12.4 Å². The van der Waals surface area contributed by atoms with Crippen molar-refractivity contribution in [2.24, 2.45) is 0 Å². The van der Waals surface area contributed by atoms with Crippen molar-refractivity contribution in [2.75, 3.05) is 0 Å². The van der Waals surface area contributed by atoms with Crippen LogP contribution in [0, 0.1) is 0 Å². The number of fused-ring (bicyclic) bond motifs is 1. The Labute approximate surface area is 103 Å². The second-order valence-corrected chi connectivity index (χ2v) is 3.42. The fourth-order valence-electron chi connectivity index (χ4n) is 1.60. The van der Waals surface area contributed by atoms with Gasteiger partial charge in [-0.3, -0.25) is 4.79 Å². The molecule has 1 aromatic carbocycles. The summed E-state index contributed by atoms with van der Waals surface area (Å²) in [5.74, 6) is 0.521. The third-order valence-corrected chi connectivity index (χ3v) is 2.38. The topological polar surface area (TPSA) is 58.9 Å². The number of furan rings is 1. The van der Waals surface area contributed by atoms with Gasteiger partial charge in [0.05, 0.1) is 6.26 Å². The van der Waals surface area contributed by atoms with Gasteiger partial charge in [-0.25, -0.2) is 0 Å². The molecule has 2 aromatic heterocycles. The average Bonchev–Trinajstić information content (AvgIpc) is 2.79. The number of aromatic nitrogens is 2. The monoisotopic (exact) mass is 248 g/mol. The van der Waals surface area contributed by atoms with E-state index >= 15 is 0 Å². The first-order valence-electron chi connectivity index (χ1n) is 4.87. The van der Waals surface area contributed by atoms with Crippen molar-refractivity contribution < 1.29 is 4.42 Å². The highest BCUT2D eigenvalue weighted by Crippen LogP contribution is 2.15. The Bertz CT molecular complexity index is 688. The van der Waals surface area contributed by atoms with Crippen molar-refractivity contribution in [1.82, 2.24) is 9.97 Å². The lowest BCUT2D eigenvalue weighted by Gasteiger charge is -1.99. The maximum absolute atomic E-state index is 11.7. The molecule has 5 heteroatoms. The lowest BCUT2D eigenvalue weighted by atomic mass is 10.2. The van der Waals surface area contributed by atoms with Crippen molar-refractivity contribution in [3.05, 3.63) is 53.0 Å². The molecule has 0 saturated carbocycles. The number of benzene rings is 1. The highest BCUT2D eigenvalue weighted by atomic mass is 35.5. The first-order chi connectivity index (χ1) is 7.84. The molecule has 0 unspecified atom stereocenters. The predicted octanol–water partition coefficient (Wildman–Crippen LogP) is 2.60. The molecule has 0 radical (unpaired) electrons. The summed E-state index contributed by atoms with van der Waals surface area (Å²) in [4.78, 5) is 18.6. The van der Waals surface area contributed by atoms with E-state index in [9.17, 15) is 4.79 Å². The van der Waals surface area contributed by atoms with Gasteiger partial charge in [-0.05, 0) is 6.07 Å². The first kappa shape index (κ1) is 11.4. The van der Waals surface area contributed by atoms with Gasteiger partial charge in [0.1, 0.15) is 11.2 Å². The minimum absolute atomic E-state index is 0. The Morgan fingerprint density at radius 2 is 1.88 bits per heavy atom. The van der Waals surface area contributed by atoms with Gasteiger partial charge in [-0.2, -0.15) is 4.98 Å². The van der Waals surface area contributed by atoms with Crippen LogP contribution in [0.25, 0.3) is 22.5 Å². The van der Waals surface area contributed by atoms with Crippen molar-refractivity contribution in [2.45, 2.75) is 0 Å². The summed E-state index contributed by atoms with van der Waals surface area (Å²) >= 11 is 0. The summed E-state index contributed by atoms with van der Waals surface area (Å²) in [5.41, 5.74) is 1.04. The van der Waals surface area contributed by atoms with Crippen LogP contribution in [-0.2, 0) is 0 Å². The zero-order valence-electron chi connectivity index (χ0n) is 8.71. The van der Waals surface area contributed by atoms with Crippen LogP contribution in [0.3, 0.4) is 0 Å². The molecule has 0 aliphatic heterocycles. The van der Waals surface area contributed by atoms with Crippen LogP contribution in [-0.4, -0.2) is 9.97 Å². The summed E-state index contributed by atoms with van der Waals surface area (Å²) < 4.78 is 5.13. The number of halogens is 1. The molecular formula is C12H9ClN2O2. The standard InChI is InChI=1S/C12H8N2O2.ClH/c15-11-9-6-7-16-12(9)14-10(13-11)8-4-2-1-3-5-8;/h1-7H,(H,13,14,15);1H. The number of hydrogen-bond donors (Lipinski definition) is 1. The van der Waals surface area contributed by atoms with E-state index < -0.39 is 0 Å². The van der Waals surface area contributed by atoms with Gasteiger partial charge in [-0.1, -0.05) is 30.3 Å². The summed E-state index contributed by atoms with van der Waals surface area (Å²) in [6.45, 7) is 0. The Hall–Kier alpha value is -2.07. The molecule has 0 amide bonds. The molecular weight excluding hydrogens is 240 g/mol. The third-order valence-electron chi connectivity index (χ3n) is 2.38. The smallest absolute Gasteiger partial charge is 0.262 e. The highest BCUT2D eigenvalue weighted by Gasteiger charge is 2.07. The Balaban J connectivity index is 0.00000108. The van der Waals surface area contributed by atoms with Crippen molar-refractivity contribution in [3.8, 4) is 11.4 Å². The lowest BCUT2D eigenvalue weighted by molar-refractivity contribution is 0.602. The van der Waals surface area contributed by atoms with Crippen molar-refractivity contribution in [3.63, 3.8) is 0 Å². The molecule has 4 nitrogen and oxygen atoms in total. The normalized spacial score (nSPS) is 10.1. The van der Waals surface area contributed by atoms with Crippen molar-refractivity contribution >= 4 is 23.5 Å². The van der Waals surface area contributed by atoms with E-state index in [4.69, 9.17) is 4.42 Å². The van der Waals surface area contributed by atoms with E-state index in [2.05, 4.69) is 9.97 Å². The van der Waals surface area contributed by atoms with Crippen molar-refractivity contribution in [1.29, 1.82) is 0 Å². The highest BCUT2D eigenvalue weighted by molar-refractivity contribution is 5.85. The van der Waals surface area contributed by atoms with Gasteiger partial charge in [0, 0.05) is 5.56 Å². The molecule has 0 atom stereocenters. The van der Waals surface area contributed by atoms with Crippen LogP contribution in [0.15, 0.2) is 51.9 Å². The number of rotatable bonds is 1. The quantitative estimate of drug-likeness (QED) is 0.720. The van der Waals surface area contributed by atoms with Crippen LogP contribution in [0.1, 0.15) is 0 Å². The third kappa shape index (κ3) is 1.94. The number of nitrogens with zero attached hydrogens (tertiary/aromatic N) is 1. The molecule has 17 heavy (non-hydrogen) atoms. The average molecular weight is 249 g/mol.